The Labute approximate surface area is 125 Å². The minimum atomic E-state index is -0.960. The normalized spacial score (nSPS) is 21.6. The summed E-state index contributed by atoms with van der Waals surface area (Å²) in [6.07, 6.45) is 0.323. The van der Waals surface area contributed by atoms with E-state index in [0.717, 1.165) is 5.56 Å². The summed E-state index contributed by atoms with van der Waals surface area (Å²) in [7, 11) is 0. The minimum absolute atomic E-state index is 0.336. The van der Waals surface area contributed by atoms with E-state index < -0.39 is 18.2 Å². The summed E-state index contributed by atoms with van der Waals surface area (Å²) in [5.74, 6) is -0.0872. The zero-order valence-corrected chi connectivity index (χ0v) is 11.8. The van der Waals surface area contributed by atoms with Crippen molar-refractivity contribution < 1.29 is 19.2 Å². The van der Waals surface area contributed by atoms with Gasteiger partial charge < -0.3 is 14.4 Å². The molecule has 0 amide bonds. The van der Waals surface area contributed by atoms with E-state index in [2.05, 4.69) is 10.1 Å². The van der Waals surface area contributed by atoms with Gasteiger partial charge in [-0.3, -0.25) is 0 Å². The molecule has 1 aliphatic heterocycles. The lowest BCUT2D eigenvalue weighted by molar-refractivity contribution is -0.150. The third-order valence-corrected chi connectivity index (χ3v) is 3.58. The second-order valence-corrected chi connectivity index (χ2v) is 5.32. The molecule has 0 bridgehead atoms. The van der Waals surface area contributed by atoms with E-state index in [4.69, 9.17) is 26.0 Å². The summed E-state index contributed by atoms with van der Waals surface area (Å²) in [6, 6.07) is 7.39. The first-order chi connectivity index (χ1) is 10.1. The highest BCUT2D eigenvalue weighted by atomic mass is 35.5. The predicted molar refractivity (Wildman–Crippen MR) is 73.0 cm³/mol. The lowest BCUT2D eigenvalue weighted by Gasteiger charge is -2.05. The van der Waals surface area contributed by atoms with E-state index in [1.807, 2.05) is 12.1 Å². The van der Waals surface area contributed by atoms with Crippen LogP contribution in [-0.2, 0) is 16.0 Å². The summed E-state index contributed by atoms with van der Waals surface area (Å²) in [5, 5.41) is 13.5. The van der Waals surface area contributed by atoms with Crippen molar-refractivity contribution in [2.45, 2.75) is 31.5 Å². The van der Waals surface area contributed by atoms with Crippen molar-refractivity contribution in [1.29, 1.82) is 0 Å². The van der Waals surface area contributed by atoms with E-state index in [1.54, 1.807) is 12.1 Å². The van der Waals surface area contributed by atoms with Gasteiger partial charge in [-0.1, -0.05) is 28.9 Å². The van der Waals surface area contributed by atoms with Crippen LogP contribution in [-0.4, -0.2) is 27.3 Å². The van der Waals surface area contributed by atoms with Gasteiger partial charge in [-0.05, 0) is 30.5 Å². The quantitative estimate of drug-likeness (QED) is 0.934. The van der Waals surface area contributed by atoms with Crippen LogP contribution < -0.4 is 0 Å². The number of halogens is 1. The molecule has 1 N–H and O–H groups in total. The Hall–Kier alpha value is -1.92. The highest BCUT2D eigenvalue weighted by Crippen LogP contribution is 2.31. The average Bonchev–Trinajstić information content (AvgIpc) is 3.10. The Kier molecular flexibility index (Phi) is 3.90. The number of ether oxygens (including phenoxy) is 1. The summed E-state index contributed by atoms with van der Waals surface area (Å²) >= 11 is 5.83. The number of hydrogen-bond donors (Lipinski definition) is 1. The molecule has 2 aromatic rings. The lowest BCUT2D eigenvalue weighted by Crippen LogP contribution is -2.18. The first-order valence-electron chi connectivity index (χ1n) is 6.57. The zero-order chi connectivity index (χ0) is 14.8. The molecule has 7 heteroatoms. The van der Waals surface area contributed by atoms with Crippen molar-refractivity contribution in [2.24, 2.45) is 0 Å². The number of hydrogen-bond acceptors (Lipinski definition) is 5. The second-order valence-electron chi connectivity index (χ2n) is 4.88. The van der Waals surface area contributed by atoms with Crippen molar-refractivity contribution in [2.75, 3.05) is 0 Å². The van der Waals surface area contributed by atoms with Crippen LogP contribution in [0.2, 0.25) is 5.02 Å². The number of aromatic nitrogens is 2. The van der Waals surface area contributed by atoms with Crippen LogP contribution in [0, 0.1) is 0 Å². The second kappa shape index (κ2) is 5.83. The predicted octanol–water partition coefficient (Wildman–Crippen LogP) is 2.62. The molecule has 0 aliphatic carbocycles. The van der Waals surface area contributed by atoms with Gasteiger partial charge in [-0.15, -0.1) is 0 Å². The van der Waals surface area contributed by atoms with E-state index >= 15 is 0 Å². The van der Waals surface area contributed by atoms with Crippen LogP contribution in [0.5, 0.6) is 0 Å². The van der Waals surface area contributed by atoms with Crippen LogP contribution in [0.4, 0.5) is 0 Å². The van der Waals surface area contributed by atoms with Gasteiger partial charge in [0, 0.05) is 11.4 Å². The van der Waals surface area contributed by atoms with Gasteiger partial charge in [0.05, 0.1) is 0 Å². The number of carbonyl (C=O) groups is 1. The largest absolute Gasteiger partial charge is 0.479 e. The van der Waals surface area contributed by atoms with Crippen LogP contribution in [0.1, 0.15) is 36.2 Å². The van der Waals surface area contributed by atoms with Crippen molar-refractivity contribution in [3.8, 4) is 0 Å². The lowest BCUT2D eigenvalue weighted by atomic mass is 10.1. The summed E-state index contributed by atoms with van der Waals surface area (Å²) in [6.45, 7) is 0. The summed E-state index contributed by atoms with van der Waals surface area (Å²) in [4.78, 5) is 15.1. The van der Waals surface area contributed by atoms with Crippen LogP contribution >= 0.6 is 11.6 Å². The maximum absolute atomic E-state index is 10.8. The van der Waals surface area contributed by atoms with Crippen LogP contribution in [0.15, 0.2) is 28.8 Å². The molecule has 0 saturated carbocycles. The van der Waals surface area contributed by atoms with Crippen molar-refractivity contribution >= 4 is 17.6 Å². The third kappa shape index (κ3) is 3.22. The van der Waals surface area contributed by atoms with E-state index in [-0.39, 0.29) is 0 Å². The van der Waals surface area contributed by atoms with Gasteiger partial charge in [0.1, 0.15) is 6.10 Å². The first kappa shape index (κ1) is 14.0. The first-order valence-corrected chi connectivity index (χ1v) is 6.95. The van der Waals surface area contributed by atoms with Crippen LogP contribution in [0.3, 0.4) is 0 Å². The van der Waals surface area contributed by atoms with Crippen molar-refractivity contribution in [1.82, 2.24) is 10.1 Å². The third-order valence-electron chi connectivity index (χ3n) is 3.33. The number of aliphatic carboxylic acids is 1. The van der Waals surface area contributed by atoms with Crippen molar-refractivity contribution in [3.05, 3.63) is 46.6 Å². The standard InChI is InChI=1S/C14H13ClN2O4/c15-9-3-1-8(2-4-9)7-12-16-13(21-17-12)10-5-6-11(20-10)14(18)19/h1-4,10-11H,5-7H2,(H,18,19). The van der Waals surface area contributed by atoms with Gasteiger partial charge in [-0.2, -0.15) is 4.98 Å². The monoisotopic (exact) mass is 308 g/mol. The van der Waals surface area contributed by atoms with Crippen molar-refractivity contribution in [3.63, 3.8) is 0 Å². The maximum atomic E-state index is 10.8. The highest BCUT2D eigenvalue weighted by Gasteiger charge is 2.34. The molecule has 2 unspecified atom stereocenters. The number of rotatable bonds is 4. The van der Waals surface area contributed by atoms with E-state index in [1.165, 1.54) is 0 Å². The fourth-order valence-electron chi connectivity index (χ4n) is 2.26. The smallest absolute Gasteiger partial charge is 0.332 e. The molecule has 6 nitrogen and oxygen atoms in total. The highest BCUT2D eigenvalue weighted by molar-refractivity contribution is 6.30. The number of carboxylic acids is 1. The van der Waals surface area contributed by atoms with Crippen LogP contribution in [0.25, 0.3) is 0 Å². The molecular formula is C14H13ClN2O4. The number of nitrogens with zero attached hydrogens (tertiary/aromatic N) is 2. The molecule has 3 rings (SSSR count). The molecule has 110 valence electrons. The minimum Gasteiger partial charge on any atom is -0.479 e. The Morgan fingerprint density at radius 1 is 1.33 bits per heavy atom. The summed E-state index contributed by atoms with van der Waals surface area (Å²) < 4.78 is 10.5. The number of carboxylic acid groups (broad SMARTS) is 1. The molecule has 21 heavy (non-hydrogen) atoms. The maximum Gasteiger partial charge on any atom is 0.332 e. The van der Waals surface area contributed by atoms with Gasteiger partial charge >= 0.3 is 5.97 Å². The van der Waals surface area contributed by atoms with Gasteiger partial charge in [-0.25, -0.2) is 4.79 Å². The Morgan fingerprint density at radius 2 is 2.10 bits per heavy atom. The average molecular weight is 309 g/mol. The van der Waals surface area contributed by atoms with E-state index in [9.17, 15) is 4.79 Å². The molecule has 1 fully saturated rings. The Morgan fingerprint density at radius 3 is 2.76 bits per heavy atom. The zero-order valence-electron chi connectivity index (χ0n) is 11.0. The molecule has 0 spiro atoms. The molecule has 2 heterocycles. The van der Waals surface area contributed by atoms with Gasteiger partial charge in [0.2, 0.25) is 0 Å². The Bertz CT molecular complexity index is 641. The fraction of sp³-hybridized carbons (Fsp3) is 0.357. The topological polar surface area (TPSA) is 85.5 Å². The SMILES string of the molecule is O=C(O)C1CCC(c2nc(Cc3ccc(Cl)cc3)no2)O1. The van der Waals surface area contributed by atoms with Gasteiger partial charge in [0.15, 0.2) is 11.9 Å². The fourth-order valence-corrected chi connectivity index (χ4v) is 2.38. The van der Waals surface area contributed by atoms with E-state index in [0.29, 0.717) is 36.0 Å². The number of benzene rings is 1. The summed E-state index contributed by atoms with van der Waals surface area (Å²) in [5.41, 5.74) is 1.02. The molecule has 1 aromatic carbocycles. The van der Waals surface area contributed by atoms with Gasteiger partial charge in [0.25, 0.3) is 5.89 Å². The Balaban J connectivity index is 1.66. The molecule has 0 radical (unpaired) electrons. The molecule has 1 aliphatic rings. The molecular weight excluding hydrogens is 296 g/mol. The molecule has 1 saturated heterocycles. The molecule has 2 atom stereocenters. The molecule has 1 aromatic heterocycles.